The van der Waals surface area contributed by atoms with E-state index in [1.165, 1.54) is 12.8 Å². The van der Waals surface area contributed by atoms with Crippen molar-refractivity contribution in [3.63, 3.8) is 0 Å². The molecule has 0 aliphatic carbocycles. The van der Waals surface area contributed by atoms with Crippen molar-refractivity contribution >= 4 is 25.7 Å². The standard InChI is InChI=1S/C45H74NO10P/c1-3-5-7-9-11-13-15-17-19-20-21-22-23-25-26-28-30-32-34-36-43(47)53-38-41(39-54-57(51,52)55-40-42(46)45(49)50)56-44(48)37-35-33-31-29-27-24-18-16-14-12-10-8-6-4-2/h5,7,10-13,16-19,21-22,25-26,41-42H,3-4,6,8-9,14-15,20,23-24,27-40,46H2,1-2H3,(H,49,50)(H,51,52)/b7-5+,12-10+,13-11+,18-16+,19-17+,22-21+,26-25+/t41-,42+/m0/s1. The van der Waals surface area contributed by atoms with E-state index in [2.05, 4.69) is 103 Å². The molecule has 0 saturated heterocycles. The molecule has 12 heteroatoms. The van der Waals surface area contributed by atoms with Gasteiger partial charge in [-0.3, -0.25) is 23.4 Å². The van der Waals surface area contributed by atoms with Crippen LogP contribution in [0.2, 0.25) is 0 Å². The van der Waals surface area contributed by atoms with Gasteiger partial charge in [-0.2, -0.15) is 0 Å². The van der Waals surface area contributed by atoms with Gasteiger partial charge in [-0.25, -0.2) is 4.57 Å². The van der Waals surface area contributed by atoms with Crippen molar-refractivity contribution in [1.82, 2.24) is 0 Å². The van der Waals surface area contributed by atoms with Gasteiger partial charge in [0.2, 0.25) is 0 Å². The third-order valence-electron chi connectivity index (χ3n) is 8.38. The van der Waals surface area contributed by atoms with Crippen molar-refractivity contribution in [2.24, 2.45) is 5.73 Å². The number of carbonyl (C=O) groups is 3. The summed E-state index contributed by atoms with van der Waals surface area (Å²) in [5, 5.41) is 8.88. The largest absolute Gasteiger partial charge is 0.480 e. The smallest absolute Gasteiger partial charge is 0.472 e. The topological polar surface area (TPSA) is 172 Å². The maximum Gasteiger partial charge on any atom is 0.472 e. The first-order chi connectivity index (χ1) is 27.6. The average Bonchev–Trinajstić information content (AvgIpc) is 3.19. The number of nitrogens with two attached hydrogens (primary N) is 1. The van der Waals surface area contributed by atoms with E-state index in [1.54, 1.807) is 0 Å². The third kappa shape index (κ3) is 39.3. The van der Waals surface area contributed by atoms with Crippen molar-refractivity contribution in [3.05, 3.63) is 85.1 Å². The van der Waals surface area contributed by atoms with Crippen LogP contribution in [0.3, 0.4) is 0 Å². The minimum atomic E-state index is -4.73. The predicted octanol–water partition coefficient (Wildman–Crippen LogP) is 11.1. The second-order valence-electron chi connectivity index (χ2n) is 13.7. The molecule has 0 fully saturated rings. The number of rotatable bonds is 38. The zero-order valence-corrected chi connectivity index (χ0v) is 35.8. The highest BCUT2D eigenvalue weighted by molar-refractivity contribution is 7.47. The normalized spacial score (nSPS) is 14.6. The van der Waals surface area contributed by atoms with E-state index in [-0.39, 0.29) is 19.4 Å². The number of hydrogen-bond donors (Lipinski definition) is 3. The van der Waals surface area contributed by atoms with Crippen LogP contribution in [0.5, 0.6) is 0 Å². The fraction of sp³-hybridized carbons (Fsp3) is 0.622. The zero-order chi connectivity index (χ0) is 42.1. The summed E-state index contributed by atoms with van der Waals surface area (Å²) in [5.74, 6) is -2.45. The number of carboxylic acid groups (broad SMARTS) is 1. The molecule has 57 heavy (non-hydrogen) atoms. The van der Waals surface area contributed by atoms with E-state index in [4.69, 9.17) is 24.8 Å². The Morgan fingerprint density at radius 3 is 1.49 bits per heavy atom. The lowest BCUT2D eigenvalue weighted by atomic mass is 10.1. The summed E-state index contributed by atoms with van der Waals surface area (Å²) in [5.41, 5.74) is 5.32. The molecule has 0 aliphatic heterocycles. The van der Waals surface area contributed by atoms with Gasteiger partial charge < -0.3 is 25.2 Å². The molecular formula is C45H74NO10P. The second kappa shape index (κ2) is 39.5. The fourth-order valence-electron chi connectivity index (χ4n) is 5.05. The van der Waals surface area contributed by atoms with E-state index in [1.807, 2.05) is 0 Å². The van der Waals surface area contributed by atoms with Crippen LogP contribution in [0.15, 0.2) is 85.1 Å². The van der Waals surface area contributed by atoms with E-state index in [0.29, 0.717) is 12.8 Å². The van der Waals surface area contributed by atoms with Crippen LogP contribution in [0, 0.1) is 0 Å². The molecule has 0 saturated carbocycles. The van der Waals surface area contributed by atoms with E-state index in [0.717, 1.165) is 96.3 Å². The lowest BCUT2D eigenvalue weighted by Gasteiger charge is -2.20. The lowest BCUT2D eigenvalue weighted by molar-refractivity contribution is -0.161. The van der Waals surface area contributed by atoms with Gasteiger partial charge in [-0.15, -0.1) is 0 Å². The molecule has 0 rings (SSSR count). The summed E-state index contributed by atoms with van der Waals surface area (Å²) in [6.45, 7) is 2.57. The van der Waals surface area contributed by atoms with Gasteiger partial charge in [0, 0.05) is 12.8 Å². The van der Waals surface area contributed by atoms with Gasteiger partial charge in [0.25, 0.3) is 0 Å². The summed E-state index contributed by atoms with van der Waals surface area (Å²) in [7, 11) is -4.73. The van der Waals surface area contributed by atoms with E-state index in [9.17, 15) is 23.8 Å². The molecule has 0 aliphatic rings. The van der Waals surface area contributed by atoms with Crippen LogP contribution in [0.25, 0.3) is 0 Å². The van der Waals surface area contributed by atoms with Crippen LogP contribution in [-0.4, -0.2) is 59.9 Å². The number of aliphatic carboxylic acids is 1. The number of unbranched alkanes of at least 4 members (excludes halogenated alkanes) is 10. The Hall–Kier alpha value is -3.34. The van der Waals surface area contributed by atoms with Crippen LogP contribution >= 0.6 is 7.82 Å². The molecule has 0 aromatic rings. The van der Waals surface area contributed by atoms with E-state index < -0.39 is 51.1 Å². The predicted molar refractivity (Wildman–Crippen MR) is 230 cm³/mol. The van der Waals surface area contributed by atoms with Gasteiger partial charge in [0.15, 0.2) is 6.10 Å². The Balaban J connectivity index is 4.47. The fourth-order valence-corrected chi connectivity index (χ4v) is 5.83. The number of phosphoric ester groups is 1. The first kappa shape index (κ1) is 53.7. The Morgan fingerprint density at radius 2 is 0.982 bits per heavy atom. The summed E-state index contributed by atoms with van der Waals surface area (Å²) in [6.07, 6.45) is 47.9. The van der Waals surface area contributed by atoms with Crippen molar-refractivity contribution in [2.45, 2.75) is 161 Å². The number of carboxylic acids is 1. The van der Waals surface area contributed by atoms with Crippen LogP contribution in [0.4, 0.5) is 0 Å². The van der Waals surface area contributed by atoms with Gasteiger partial charge >= 0.3 is 25.7 Å². The summed E-state index contributed by atoms with van der Waals surface area (Å²) in [4.78, 5) is 45.9. The first-order valence-electron chi connectivity index (χ1n) is 21.1. The Labute approximate surface area is 343 Å². The first-order valence-corrected chi connectivity index (χ1v) is 22.6. The number of ether oxygens (including phenoxy) is 2. The van der Waals surface area contributed by atoms with Crippen molar-refractivity contribution in [2.75, 3.05) is 19.8 Å². The highest BCUT2D eigenvalue weighted by Gasteiger charge is 2.28. The van der Waals surface area contributed by atoms with Gasteiger partial charge in [-0.1, -0.05) is 137 Å². The molecular weight excluding hydrogens is 745 g/mol. The Morgan fingerprint density at radius 1 is 0.561 bits per heavy atom. The number of esters is 2. The van der Waals surface area contributed by atoms with Crippen molar-refractivity contribution < 1.29 is 47.5 Å². The molecule has 0 heterocycles. The minimum Gasteiger partial charge on any atom is -0.480 e. The lowest BCUT2D eigenvalue weighted by Crippen LogP contribution is -2.34. The minimum absolute atomic E-state index is 0.132. The molecule has 0 spiro atoms. The monoisotopic (exact) mass is 820 g/mol. The summed E-state index contributed by atoms with van der Waals surface area (Å²) >= 11 is 0. The number of hydrogen-bond acceptors (Lipinski definition) is 9. The zero-order valence-electron chi connectivity index (χ0n) is 34.9. The molecule has 11 nitrogen and oxygen atoms in total. The summed E-state index contributed by atoms with van der Waals surface area (Å²) < 4.78 is 32.6. The van der Waals surface area contributed by atoms with Crippen LogP contribution in [0.1, 0.15) is 149 Å². The quantitative estimate of drug-likeness (QED) is 0.0234. The third-order valence-corrected chi connectivity index (χ3v) is 9.33. The number of allylic oxidation sites excluding steroid dienone is 14. The maximum absolute atomic E-state index is 12.6. The molecule has 1 unspecified atom stereocenters. The number of carbonyl (C=O) groups excluding carboxylic acids is 2. The molecule has 3 atom stereocenters. The highest BCUT2D eigenvalue weighted by Crippen LogP contribution is 2.43. The molecule has 0 amide bonds. The van der Waals surface area contributed by atoms with Crippen molar-refractivity contribution in [3.8, 4) is 0 Å². The summed E-state index contributed by atoms with van der Waals surface area (Å²) in [6, 6.07) is -1.53. The molecule has 0 radical (unpaired) electrons. The van der Waals surface area contributed by atoms with Gasteiger partial charge in [-0.05, 0) is 83.5 Å². The molecule has 4 N–H and O–H groups in total. The SMILES string of the molecule is CC/C=C/C/C=C/C/C=C/C/C=C/C/C=C/CCCCCC(=O)OC[C@@H](COP(=O)(O)OC[C@@H](N)C(=O)O)OC(=O)CCCCCCC/C=C/C/C=C/CCCC. The van der Waals surface area contributed by atoms with Gasteiger partial charge in [0.05, 0.1) is 13.2 Å². The van der Waals surface area contributed by atoms with Gasteiger partial charge in [0.1, 0.15) is 12.6 Å². The molecule has 0 aromatic heterocycles. The molecule has 0 aromatic carbocycles. The van der Waals surface area contributed by atoms with Crippen LogP contribution < -0.4 is 5.73 Å². The average molecular weight is 820 g/mol. The van der Waals surface area contributed by atoms with Crippen LogP contribution in [-0.2, 0) is 37.5 Å². The molecule has 324 valence electrons. The Kier molecular flexibility index (Phi) is 37.2. The van der Waals surface area contributed by atoms with E-state index >= 15 is 0 Å². The second-order valence-corrected chi connectivity index (χ2v) is 15.2. The highest BCUT2D eigenvalue weighted by atomic mass is 31.2. The number of phosphoric acid groups is 1. The molecule has 0 bridgehead atoms. The van der Waals surface area contributed by atoms with Crippen molar-refractivity contribution in [1.29, 1.82) is 0 Å². The Bertz CT molecular complexity index is 1290. The maximum atomic E-state index is 12.6.